The van der Waals surface area contributed by atoms with E-state index >= 15 is 0 Å². The van der Waals surface area contributed by atoms with Crippen LogP contribution in [-0.4, -0.2) is 0 Å². The zero-order chi connectivity index (χ0) is 34.0. The average molecular weight is 650 g/mol. The molecule has 0 aliphatic heterocycles. The Labute approximate surface area is 299 Å². The van der Waals surface area contributed by atoms with Crippen LogP contribution >= 0.6 is 0 Å². The smallest absolute Gasteiger partial charge is 0.0462 e. The van der Waals surface area contributed by atoms with E-state index in [2.05, 4.69) is 217 Å². The summed E-state index contributed by atoms with van der Waals surface area (Å²) in [6.45, 7) is 0. The first kappa shape index (κ1) is 30.4. The highest BCUT2D eigenvalue weighted by Crippen LogP contribution is 2.42. The molecule has 0 aliphatic carbocycles. The van der Waals surface area contributed by atoms with Gasteiger partial charge >= 0.3 is 0 Å². The van der Waals surface area contributed by atoms with Gasteiger partial charge in [-0.25, -0.2) is 0 Å². The van der Waals surface area contributed by atoms with Gasteiger partial charge in [-0.1, -0.05) is 176 Å². The second-order valence-electron chi connectivity index (χ2n) is 12.9. The number of fused-ring (bicyclic) bond motifs is 2. The molecule has 1 nitrogen and oxygen atoms in total. The fraction of sp³-hybridized carbons (Fsp3) is 0. The van der Waals surface area contributed by atoms with Gasteiger partial charge in [0.05, 0.1) is 0 Å². The van der Waals surface area contributed by atoms with Crippen molar-refractivity contribution < 1.29 is 0 Å². The van der Waals surface area contributed by atoms with Crippen LogP contribution in [-0.2, 0) is 0 Å². The van der Waals surface area contributed by atoms with Crippen molar-refractivity contribution in [3.63, 3.8) is 0 Å². The first-order valence-corrected chi connectivity index (χ1v) is 17.5. The predicted octanol–water partition coefficient (Wildman–Crippen LogP) is 14.1. The van der Waals surface area contributed by atoms with Crippen molar-refractivity contribution in [1.29, 1.82) is 0 Å². The third kappa shape index (κ3) is 5.75. The summed E-state index contributed by atoms with van der Waals surface area (Å²) >= 11 is 0. The van der Waals surface area contributed by atoms with E-state index in [1.54, 1.807) is 0 Å². The first-order chi connectivity index (χ1) is 25.3. The third-order valence-electron chi connectivity index (χ3n) is 9.87. The molecule has 9 aromatic carbocycles. The van der Waals surface area contributed by atoms with Crippen molar-refractivity contribution in [3.8, 4) is 44.5 Å². The maximum Gasteiger partial charge on any atom is 0.0462 e. The molecule has 0 saturated carbocycles. The van der Waals surface area contributed by atoms with Gasteiger partial charge in [0.15, 0.2) is 0 Å². The minimum absolute atomic E-state index is 1.11. The standard InChI is InChI=1S/C50H35N/c1-4-16-40(17-5-1)49-45-22-12-10-14-36(45)28-34-47(49)38-24-30-43(31-25-38)51(42-20-8-3-9-21-42)44-32-26-39(27-33-44)48-35-29-37-15-11-13-23-46(37)50(48)41-18-6-2-7-19-41/h1-35H. The normalized spacial score (nSPS) is 11.1. The molecule has 0 saturated heterocycles. The Morgan fingerprint density at radius 1 is 0.235 bits per heavy atom. The van der Waals surface area contributed by atoms with E-state index in [0.717, 1.165) is 17.1 Å². The molecular weight excluding hydrogens is 615 g/mol. The molecule has 0 fully saturated rings. The van der Waals surface area contributed by atoms with Gasteiger partial charge < -0.3 is 4.90 Å². The SMILES string of the molecule is c1ccc(-c2c(-c3ccc(N(c4ccccc4)c4ccc(-c5ccc6ccccc6c5-c5ccccc5)cc4)cc3)ccc3ccccc23)cc1. The van der Waals surface area contributed by atoms with Crippen LogP contribution in [0, 0.1) is 0 Å². The Morgan fingerprint density at radius 3 is 1.02 bits per heavy atom. The number of para-hydroxylation sites is 1. The molecule has 0 radical (unpaired) electrons. The number of anilines is 3. The summed E-state index contributed by atoms with van der Waals surface area (Å²) in [6.07, 6.45) is 0. The summed E-state index contributed by atoms with van der Waals surface area (Å²) in [4.78, 5) is 2.34. The van der Waals surface area contributed by atoms with E-state index < -0.39 is 0 Å². The molecular formula is C50H35N. The number of benzene rings is 9. The maximum absolute atomic E-state index is 2.34. The summed E-state index contributed by atoms with van der Waals surface area (Å²) in [6, 6.07) is 76.5. The summed E-state index contributed by atoms with van der Waals surface area (Å²) in [5.41, 5.74) is 13.1. The van der Waals surface area contributed by atoms with Crippen LogP contribution in [0.25, 0.3) is 66.1 Å². The second-order valence-corrected chi connectivity index (χ2v) is 12.9. The highest BCUT2D eigenvalue weighted by molar-refractivity contribution is 6.05. The minimum Gasteiger partial charge on any atom is -0.311 e. The molecule has 1 heteroatoms. The molecule has 0 aromatic heterocycles. The largest absolute Gasteiger partial charge is 0.311 e. The fourth-order valence-corrected chi connectivity index (χ4v) is 7.46. The Hall–Kier alpha value is -6.70. The minimum atomic E-state index is 1.11. The molecule has 240 valence electrons. The second kappa shape index (κ2) is 13.3. The van der Waals surface area contributed by atoms with E-state index in [0.29, 0.717) is 0 Å². The quantitative estimate of drug-likeness (QED) is 0.166. The lowest BCUT2D eigenvalue weighted by Gasteiger charge is -2.26. The van der Waals surface area contributed by atoms with Crippen molar-refractivity contribution >= 4 is 38.6 Å². The Balaban J connectivity index is 1.12. The molecule has 9 aromatic rings. The van der Waals surface area contributed by atoms with E-state index in [1.165, 1.54) is 66.1 Å². The van der Waals surface area contributed by atoms with Gasteiger partial charge in [-0.2, -0.15) is 0 Å². The topological polar surface area (TPSA) is 3.24 Å². The van der Waals surface area contributed by atoms with Crippen molar-refractivity contribution in [3.05, 3.63) is 212 Å². The highest BCUT2D eigenvalue weighted by Gasteiger charge is 2.17. The summed E-state index contributed by atoms with van der Waals surface area (Å²) in [5.74, 6) is 0. The lowest BCUT2D eigenvalue weighted by molar-refractivity contribution is 1.28. The molecule has 0 spiro atoms. The number of nitrogens with zero attached hydrogens (tertiary/aromatic N) is 1. The van der Waals surface area contributed by atoms with Crippen molar-refractivity contribution in [1.82, 2.24) is 0 Å². The first-order valence-electron chi connectivity index (χ1n) is 17.5. The van der Waals surface area contributed by atoms with Crippen LogP contribution in [0.5, 0.6) is 0 Å². The summed E-state index contributed by atoms with van der Waals surface area (Å²) in [7, 11) is 0. The number of rotatable bonds is 7. The molecule has 0 heterocycles. The average Bonchev–Trinajstić information content (AvgIpc) is 3.22. The van der Waals surface area contributed by atoms with Crippen LogP contribution in [0.15, 0.2) is 212 Å². The van der Waals surface area contributed by atoms with Crippen LogP contribution < -0.4 is 4.90 Å². The highest BCUT2D eigenvalue weighted by atomic mass is 15.1. The molecule has 0 amide bonds. The molecule has 51 heavy (non-hydrogen) atoms. The molecule has 0 unspecified atom stereocenters. The third-order valence-corrected chi connectivity index (χ3v) is 9.87. The van der Waals surface area contributed by atoms with E-state index in [4.69, 9.17) is 0 Å². The lowest BCUT2D eigenvalue weighted by atomic mass is 9.89. The molecule has 0 atom stereocenters. The Morgan fingerprint density at radius 2 is 0.588 bits per heavy atom. The molecule has 0 aliphatic rings. The molecule has 9 rings (SSSR count). The van der Waals surface area contributed by atoms with Gasteiger partial charge in [0.2, 0.25) is 0 Å². The Bertz CT molecular complexity index is 2420. The maximum atomic E-state index is 2.34. The van der Waals surface area contributed by atoms with Gasteiger partial charge in [-0.05, 0) is 102 Å². The Kier molecular flexibility index (Phi) is 7.92. The van der Waals surface area contributed by atoms with Crippen molar-refractivity contribution in [2.75, 3.05) is 4.90 Å². The lowest BCUT2D eigenvalue weighted by Crippen LogP contribution is -2.09. The van der Waals surface area contributed by atoms with Gasteiger partial charge in [-0.15, -0.1) is 0 Å². The van der Waals surface area contributed by atoms with Crippen LogP contribution in [0.1, 0.15) is 0 Å². The van der Waals surface area contributed by atoms with Gasteiger partial charge in [0, 0.05) is 17.1 Å². The number of hydrogen-bond donors (Lipinski definition) is 0. The van der Waals surface area contributed by atoms with Crippen LogP contribution in [0.3, 0.4) is 0 Å². The van der Waals surface area contributed by atoms with E-state index in [-0.39, 0.29) is 0 Å². The zero-order valence-corrected chi connectivity index (χ0v) is 28.2. The molecule has 0 N–H and O–H groups in total. The predicted molar refractivity (Wildman–Crippen MR) is 218 cm³/mol. The molecule has 0 bridgehead atoms. The van der Waals surface area contributed by atoms with Gasteiger partial charge in [0.1, 0.15) is 0 Å². The van der Waals surface area contributed by atoms with Gasteiger partial charge in [0.25, 0.3) is 0 Å². The summed E-state index contributed by atoms with van der Waals surface area (Å²) in [5, 5.41) is 5.02. The van der Waals surface area contributed by atoms with Crippen molar-refractivity contribution in [2.45, 2.75) is 0 Å². The fourth-order valence-electron chi connectivity index (χ4n) is 7.46. The zero-order valence-electron chi connectivity index (χ0n) is 28.2. The summed E-state index contributed by atoms with van der Waals surface area (Å²) < 4.78 is 0. The van der Waals surface area contributed by atoms with Crippen LogP contribution in [0.4, 0.5) is 17.1 Å². The number of hydrogen-bond acceptors (Lipinski definition) is 1. The van der Waals surface area contributed by atoms with Crippen molar-refractivity contribution in [2.24, 2.45) is 0 Å². The van der Waals surface area contributed by atoms with Crippen LogP contribution in [0.2, 0.25) is 0 Å². The van der Waals surface area contributed by atoms with E-state index in [9.17, 15) is 0 Å². The monoisotopic (exact) mass is 649 g/mol. The van der Waals surface area contributed by atoms with E-state index in [1.807, 2.05) is 0 Å². The van der Waals surface area contributed by atoms with Gasteiger partial charge in [-0.3, -0.25) is 0 Å².